The lowest BCUT2D eigenvalue weighted by Crippen LogP contribution is -1.99. The number of ether oxygens (including phenoxy) is 2. The molecule has 19 heavy (non-hydrogen) atoms. The molecule has 0 aliphatic rings. The van der Waals surface area contributed by atoms with Crippen LogP contribution in [0.2, 0.25) is 0 Å². The number of benzene rings is 1. The van der Waals surface area contributed by atoms with Crippen LogP contribution < -0.4 is 9.47 Å². The number of hydrogen-bond acceptors (Lipinski definition) is 6. The van der Waals surface area contributed by atoms with Gasteiger partial charge in [-0.1, -0.05) is 4.49 Å². The van der Waals surface area contributed by atoms with Crippen LogP contribution in [0, 0.1) is 0 Å². The molecule has 0 saturated heterocycles. The van der Waals surface area contributed by atoms with Crippen molar-refractivity contribution in [2.75, 3.05) is 14.2 Å². The van der Waals surface area contributed by atoms with Crippen molar-refractivity contribution in [3.8, 4) is 11.5 Å². The van der Waals surface area contributed by atoms with Gasteiger partial charge in [-0.15, -0.1) is 5.10 Å². The lowest BCUT2D eigenvalue weighted by Gasteiger charge is -2.07. The number of methoxy groups -OCH3 is 2. The standard InChI is InChI=1S/C13H12N2O3S/c1-17-10-4-5-11(13(7-10)18-2)12(16)6-3-9-8-19-15-14-9/h3-8H,1-2H3/b6-3+. The lowest BCUT2D eigenvalue weighted by atomic mass is 10.1. The van der Waals surface area contributed by atoms with Gasteiger partial charge in [0.2, 0.25) is 0 Å². The van der Waals surface area contributed by atoms with Gasteiger partial charge in [0.1, 0.15) is 11.5 Å². The fraction of sp³-hybridized carbons (Fsp3) is 0.154. The number of hydrogen-bond donors (Lipinski definition) is 0. The zero-order valence-electron chi connectivity index (χ0n) is 10.5. The molecular weight excluding hydrogens is 264 g/mol. The average Bonchev–Trinajstić information content (AvgIpc) is 2.97. The monoisotopic (exact) mass is 276 g/mol. The third kappa shape index (κ3) is 3.17. The molecule has 0 saturated carbocycles. The maximum absolute atomic E-state index is 12.1. The molecule has 0 aliphatic heterocycles. The summed E-state index contributed by atoms with van der Waals surface area (Å²) in [6.07, 6.45) is 3.07. The van der Waals surface area contributed by atoms with Gasteiger partial charge < -0.3 is 9.47 Å². The molecule has 5 nitrogen and oxygen atoms in total. The van der Waals surface area contributed by atoms with Crippen LogP contribution in [-0.4, -0.2) is 29.6 Å². The second kappa shape index (κ2) is 6.10. The van der Waals surface area contributed by atoms with Crippen molar-refractivity contribution in [2.24, 2.45) is 0 Å². The molecule has 0 bridgehead atoms. The van der Waals surface area contributed by atoms with Crippen LogP contribution in [-0.2, 0) is 0 Å². The quantitative estimate of drug-likeness (QED) is 0.620. The summed E-state index contributed by atoms with van der Waals surface area (Å²) < 4.78 is 14.0. The van der Waals surface area contributed by atoms with E-state index in [-0.39, 0.29) is 5.78 Å². The smallest absolute Gasteiger partial charge is 0.189 e. The summed E-state index contributed by atoms with van der Waals surface area (Å²) in [5.74, 6) is 0.957. The highest BCUT2D eigenvalue weighted by atomic mass is 32.1. The summed E-state index contributed by atoms with van der Waals surface area (Å²) >= 11 is 1.23. The highest BCUT2D eigenvalue weighted by Gasteiger charge is 2.10. The van der Waals surface area contributed by atoms with Crippen LogP contribution in [0.4, 0.5) is 0 Å². The Morgan fingerprint density at radius 2 is 2.16 bits per heavy atom. The molecular formula is C13H12N2O3S. The van der Waals surface area contributed by atoms with E-state index >= 15 is 0 Å². The summed E-state index contributed by atoms with van der Waals surface area (Å²) in [6, 6.07) is 5.06. The fourth-order valence-electron chi connectivity index (χ4n) is 1.50. The van der Waals surface area contributed by atoms with Crippen LogP contribution in [0.1, 0.15) is 16.1 Å². The van der Waals surface area contributed by atoms with E-state index in [2.05, 4.69) is 9.59 Å². The second-order valence-electron chi connectivity index (χ2n) is 3.59. The molecule has 1 aromatic heterocycles. The van der Waals surface area contributed by atoms with Crippen LogP contribution in [0.3, 0.4) is 0 Å². The number of rotatable bonds is 5. The number of carbonyl (C=O) groups excluding carboxylic acids is 1. The lowest BCUT2D eigenvalue weighted by molar-refractivity contribution is 0.104. The van der Waals surface area contributed by atoms with Gasteiger partial charge >= 0.3 is 0 Å². The van der Waals surface area contributed by atoms with Crippen molar-refractivity contribution >= 4 is 23.4 Å². The largest absolute Gasteiger partial charge is 0.497 e. The molecule has 1 aromatic carbocycles. The van der Waals surface area contributed by atoms with Crippen LogP contribution in [0.15, 0.2) is 29.7 Å². The van der Waals surface area contributed by atoms with Crippen molar-refractivity contribution in [2.45, 2.75) is 0 Å². The van der Waals surface area contributed by atoms with E-state index < -0.39 is 0 Å². The van der Waals surface area contributed by atoms with Gasteiger partial charge in [-0.05, 0) is 35.8 Å². The minimum absolute atomic E-state index is 0.160. The molecule has 0 unspecified atom stereocenters. The molecule has 0 aliphatic carbocycles. The molecule has 1 heterocycles. The maximum atomic E-state index is 12.1. The molecule has 98 valence electrons. The highest BCUT2D eigenvalue weighted by Crippen LogP contribution is 2.25. The first-order valence-corrected chi connectivity index (χ1v) is 6.29. The molecule has 0 radical (unpaired) electrons. The molecule has 2 aromatic rings. The third-order valence-electron chi connectivity index (χ3n) is 2.46. The Hall–Kier alpha value is -2.21. The van der Waals surface area contributed by atoms with Gasteiger partial charge in [-0.2, -0.15) is 0 Å². The highest BCUT2D eigenvalue weighted by molar-refractivity contribution is 7.03. The molecule has 0 N–H and O–H groups in total. The second-order valence-corrected chi connectivity index (χ2v) is 4.20. The summed E-state index contributed by atoms with van der Waals surface area (Å²) in [5, 5.41) is 5.59. The van der Waals surface area contributed by atoms with Crippen molar-refractivity contribution in [1.82, 2.24) is 9.59 Å². The third-order valence-corrected chi connectivity index (χ3v) is 2.98. The molecule has 2 rings (SSSR count). The van der Waals surface area contributed by atoms with Gasteiger partial charge in [0.15, 0.2) is 5.78 Å². The summed E-state index contributed by atoms with van der Waals surface area (Å²) in [7, 11) is 3.07. The van der Waals surface area contributed by atoms with Crippen LogP contribution >= 0.6 is 11.5 Å². The zero-order valence-corrected chi connectivity index (χ0v) is 11.3. The fourth-order valence-corrected chi connectivity index (χ4v) is 1.92. The first-order valence-electron chi connectivity index (χ1n) is 5.46. The minimum Gasteiger partial charge on any atom is -0.497 e. The molecule has 0 atom stereocenters. The van der Waals surface area contributed by atoms with Crippen molar-refractivity contribution in [1.29, 1.82) is 0 Å². The van der Waals surface area contributed by atoms with E-state index in [4.69, 9.17) is 9.47 Å². The molecule has 0 amide bonds. The number of ketones is 1. The number of carbonyl (C=O) groups is 1. The zero-order chi connectivity index (χ0) is 13.7. The first-order chi connectivity index (χ1) is 9.24. The number of aromatic nitrogens is 2. The molecule has 0 spiro atoms. The maximum Gasteiger partial charge on any atom is 0.189 e. The summed E-state index contributed by atoms with van der Waals surface area (Å²) in [4.78, 5) is 12.1. The first kappa shape index (κ1) is 13.2. The minimum atomic E-state index is -0.160. The van der Waals surface area contributed by atoms with Crippen molar-refractivity contribution in [3.05, 3.63) is 40.9 Å². The SMILES string of the molecule is COc1ccc(C(=O)/C=C/c2csnn2)c(OC)c1. The Morgan fingerprint density at radius 3 is 2.79 bits per heavy atom. The van der Waals surface area contributed by atoms with E-state index in [1.165, 1.54) is 24.7 Å². The summed E-state index contributed by atoms with van der Waals surface area (Å²) in [6.45, 7) is 0. The Labute approximate surface area is 114 Å². The Morgan fingerprint density at radius 1 is 1.32 bits per heavy atom. The van der Waals surface area contributed by atoms with Gasteiger partial charge in [0.25, 0.3) is 0 Å². The van der Waals surface area contributed by atoms with Gasteiger partial charge in [0.05, 0.1) is 25.5 Å². The van der Waals surface area contributed by atoms with Crippen LogP contribution in [0.5, 0.6) is 11.5 Å². The molecule has 6 heteroatoms. The van der Waals surface area contributed by atoms with Crippen molar-refractivity contribution in [3.63, 3.8) is 0 Å². The Kier molecular flexibility index (Phi) is 4.25. The van der Waals surface area contributed by atoms with Gasteiger partial charge in [-0.25, -0.2) is 0 Å². The van der Waals surface area contributed by atoms with E-state index in [0.717, 1.165) is 0 Å². The normalized spacial score (nSPS) is 10.6. The van der Waals surface area contributed by atoms with Gasteiger partial charge in [0, 0.05) is 11.4 Å². The van der Waals surface area contributed by atoms with E-state index in [9.17, 15) is 4.79 Å². The van der Waals surface area contributed by atoms with Crippen LogP contribution in [0.25, 0.3) is 6.08 Å². The van der Waals surface area contributed by atoms with Crippen molar-refractivity contribution < 1.29 is 14.3 Å². The van der Waals surface area contributed by atoms with E-state index in [0.29, 0.717) is 22.8 Å². The van der Waals surface area contributed by atoms with E-state index in [1.54, 1.807) is 36.8 Å². The Bertz CT molecular complexity index is 594. The number of allylic oxidation sites excluding steroid dienone is 1. The number of nitrogens with zero attached hydrogens (tertiary/aromatic N) is 2. The molecule has 0 fully saturated rings. The predicted octanol–water partition coefficient (Wildman–Crippen LogP) is 2.45. The van der Waals surface area contributed by atoms with E-state index in [1.807, 2.05) is 0 Å². The predicted molar refractivity (Wildman–Crippen MR) is 72.8 cm³/mol. The average molecular weight is 276 g/mol. The van der Waals surface area contributed by atoms with Gasteiger partial charge in [-0.3, -0.25) is 4.79 Å². The summed E-state index contributed by atoms with van der Waals surface area (Å²) in [5.41, 5.74) is 1.13. The Balaban J connectivity index is 2.23. The topological polar surface area (TPSA) is 61.3 Å².